The van der Waals surface area contributed by atoms with Gasteiger partial charge < -0.3 is 14.8 Å². The Kier molecular flexibility index (Phi) is 4.78. The number of nitrogens with one attached hydrogen (secondary N) is 1. The first kappa shape index (κ1) is 13.6. The van der Waals surface area contributed by atoms with Crippen molar-refractivity contribution in [3.63, 3.8) is 0 Å². The lowest BCUT2D eigenvalue weighted by molar-refractivity contribution is 0.209. The number of likely N-dealkylation sites (tertiary alicyclic amines) is 1. The van der Waals surface area contributed by atoms with E-state index < -0.39 is 0 Å². The molecule has 0 saturated carbocycles. The number of imidazole rings is 1. The number of hydrogen-bond donors (Lipinski definition) is 1. The number of nitrogens with zero attached hydrogens (tertiary/aromatic N) is 3. The molecule has 4 heteroatoms. The highest BCUT2D eigenvalue weighted by Gasteiger charge is 2.20. The molecule has 1 aliphatic rings. The number of likely N-dealkylation sites (N-methyl/N-ethyl adjacent to an activating group) is 1. The van der Waals surface area contributed by atoms with Gasteiger partial charge in [0.1, 0.15) is 0 Å². The second kappa shape index (κ2) is 6.34. The lowest BCUT2D eigenvalue weighted by Gasteiger charge is -2.31. The van der Waals surface area contributed by atoms with Gasteiger partial charge in [-0.15, -0.1) is 0 Å². The summed E-state index contributed by atoms with van der Waals surface area (Å²) >= 11 is 0. The Hall–Kier alpha value is -0.870. The zero-order chi connectivity index (χ0) is 13.0. The molecule has 1 aliphatic heterocycles. The minimum atomic E-state index is 0.599. The number of rotatable bonds is 5. The molecule has 0 amide bonds. The highest BCUT2D eigenvalue weighted by molar-refractivity contribution is 5.01. The summed E-state index contributed by atoms with van der Waals surface area (Å²) in [6.45, 7) is 8.84. The number of hydrogen-bond acceptors (Lipinski definition) is 3. The van der Waals surface area contributed by atoms with Gasteiger partial charge in [-0.1, -0.05) is 13.8 Å². The maximum Gasteiger partial charge on any atom is 0.0951 e. The maximum absolute atomic E-state index is 4.32. The fourth-order valence-electron chi connectivity index (χ4n) is 2.65. The molecule has 2 rings (SSSR count). The molecule has 2 heterocycles. The van der Waals surface area contributed by atoms with Crippen molar-refractivity contribution in [2.75, 3.05) is 26.7 Å². The molecule has 1 unspecified atom stereocenters. The van der Waals surface area contributed by atoms with Crippen molar-refractivity contribution in [2.24, 2.45) is 5.92 Å². The SMILES string of the molecule is CC(C)CNCc1cncn1C1CCCN(C)C1. The molecule has 0 spiro atoms. The Morgan fingerprint density at radius 2 is 2.33 bits per heavy atom. The normalized spacial score (nSPS) is 21.7. The van der Waals surface area contributed by atoms with Crippen molar-refractivity contribution >= 4 is 0 Å². The van der Waals surface area contributed by atoms with Crippen molar-refractivity contribution in [3.8, 4) is 0 Å². The molecule has 0 aromatic carbocycles. The summed E-state index contributed by atoms with van der Waals surface area (Å²) in [6, 6.07) is 0.599. The van der Waals surface area contributed by atoms with Crippen LogP contribution in [0.4, 0.5) is 0 Å². The van der Waals surface area contributed by atoms with E-state index in [9.17, 15) is 0 Å². The Morgan fingerprint density at radius 1 is 1.50 bits per heavy atom. The van der Waals surface area contributed by atoms with Crippen LogP contribution in [0.2, 0.25) is 0 Å². The predicted octanol–water partition coefficient (Wildman–Crippen LogP) is 1.90. The van der Waals surface area contributed by atoms with E-state index in [1.54, 1.807) is 0 Å². The van der Waals surface area contributed by atoms with Gasteiger partial charge in [-0.25, -0.2) is 4.98 Å². The summed E-state index contributed by atoms with van der Waals surface area (Å²) in [5, 5.41) is 3.50. The molecule has 102 valence electrons. The lowest BCUT2D eigenvalue weighted by atomic mass is 10.1. The predicted molar refractivity (Wildman–Crippen MR) is 74.5 cm³/mol. The first-order valence-corrected chi connectivity index (χ1v) is 7.06. The van der Waals surface area contributed by atoms with Crippen LogP contribution in [0.1, 0.15) is 38.4 Å². The first-order chi connectivity index (χ1) is 8.66. The van der Waals surface area contributed by atoms with Crippen molar-refractivity contribution < 1.29 is 0 Å². The average molecular weight is 250 g/mol. The quantitative estimate of drug-likeness (QED) is 0.866. The van der Waals surface area contributed by atoms with Crippen LogP contribution in [-0.4, -0.2) is 41.1 Å². The van der Waals surface area contributed by atoms with E-state index in [0.29, 0.717) is 12.0 Å². The minimum Gasteiger partial charge on any atom is -0.329 e. The summed E-state index contributed by atoms with van der Waals surface area (Å²) in [5.41, 5.74) is 1.32. The van der Waals surface area contributed by atoms with Crippen molar-refractivity contribution in [1.29, 1.82) is 0 Å². The highest BCUT2D eigenvalue weighted by atomic mass is 15.2. The molecule has 4 nitrogen and oxygen atoms in total. The topological polar surface area (TPSA) is 33.1 Å². The third kappa shape index (κ3) is 3.56. The molecule has 0 aliphatic carbocycles. The Bertz CT molecular complexity index is 358. The van der Waals surface area contributed by atoms with E-state index in [-0.39, 0.29) is 0 Å². The van der Waals surface area contributed by atoms with E-state index in [0.717, 1.165) is 19.6 Å². The Labute approximate surface area is 110 Å². The smallest absolute Gasteiger partial charge is 0.0951 e. The molecule has 0 radical (unpaired) electrons. The molecular weight excluding hydrogens is 224 g/mol. The fourth-order valence-corrected chi connectivity index (χ4v) is 2.65. The van der Waals surface area contributed by atoms with Crippen molar-refractivity contribution in [2.45, 2.75) is 39.3 Å². The van der Waals surface area contributed by atoms with Crippen LogP contribution in [0.15, 0.2) is 12.5 Å². The van der Waals surface area contributed by atoms with Crippen LogP contribution >= 0.6 is 0 Å². The molecule has 1 aromatic rings. The van der Waals surface area contributed by atoms with Crippen LogP contribution in [-0.2, 0) is 6.54 Å². The molecule has 0 bridgehead atoms. The number of piperidine rings is 1. The first-order valence-electron chi connectivity index (χ1n) is 7.06. The van der Waals surface area contributed by atoms with E-state index in [4.69, 9.17) is 0 Å². The van der Waals surface area contributed by atoms with Gasteiger partial charge >= 0.3 is 0 Å². The summed E-state index contributed by atoms with van der Waals surface area (Å²) in [5.74, 6) is 0.696. The molecule has 1 saturated heterocycles. The second-order valence-electron chi connectivity index (χ2n) is 5.88. The summed E-state index contributed by atoms with van der Waals surface area (Å²) in [4.78, 5) is 6.74. The fraction of sp³-hybridized carbons (Fsp3) is 0.786. The number of aromatic nitrogens is 2. The monoisotopic (exact) mass is 250 g/mol. The largest absolute Gasteiger partial charge is 0.329 e. The van der Waals surface area contributed by atoms with Crippen LogP contribution in [0.25, 0.3) is 0 Å². The third-order valence-electron chi connectivity index (χ3n) is 3.60. The minimum absolute atomic E-state index is 0.599. The Balaban J connectivity index is 1.94. The van der Waals surface area contributed by atoms with E-state index in [1.807, 2.05) is 12.5 Å². The zero-order valence-corrected chi connectivity index (χ0v) is 11.9. The lowest BCUT2D eigenvalue weighted by Crippen LogP contribution is -2.34. The van der Waals surface area contributed by atoms with Gasteiger partial charge in [-0.3, -0.25) is 0 Å². The van der Waals surface area contributed by atoms with Gasteiger partial charge in [0.15, 0.2) is 0 Å². The average Bonchev–Trinajstić information content (AvgIpc) is 2.77. The van der Waals surface area contributed by atoms with Gasteiger partial charge in [0, 0.05) is 25.3 Å². The van der Waals surface area contributed by atoms with Gasteiger partial charge in [-0.05, 0) is 38.9 Å². The second-order valence-corrected chi connectivity index (χ2v) is 5.88. The molecule has 1 N–H and O–H groups in total. The zero-order valence-electron chi connectivity index (χ0n) is 11.9. The molecule has 1 atom stereocenters. The van der Waals surface area contributed by atoms with Gasteiger partial charge in [0.25, 0.3) is 0 Å². The Morgan fingerprint density at radius 3 is 3.06 bits per heavy atom. The summed E-state index contributed by atoms with van der Waals surface area (Å²) in [7, 11) is 2.21. The van der Waals surface area contributed by atoms with E-state index >= 15 is 0 Å². The highest BCUT2D eigenvalue weighted by Crippen LogP contribution is 2.21. The maximum atomic E-state index is 4.32. The van der Waals surface area contributed by atoms with Crippen LogP contribution < -0.4 is 5.32 Å². The molecule has 1 fully saturated rings. The standard InChI is InChI=1S/C14H26N4/c1-12(2)7-15-8-14-9-16-11-18(14)13-5-4-6-17(3)10-13/h9,11-13,15H,4-8,10H2,1-3H3. The molecular formula is C14H26N4. The van der Waals surface area contributed by atoms with Crippen molar-refractivity contribution in [1.82, 2.24) is 19.8 Å². The molecule has 1 aromatic heterocycles. The summed E-state index contributed by atoms with van der Waals surface area (Å²) in [6.07, 6.45) is 6.56. The van der Waals surface area contributed by atoms with E-state index in [2.05, 4.69) is 40.7 Å². The summed E-state index contributed by atoms with van der Waals surface area (Å²) < 4.78 is 2.36. The molecule has 18 heavy (non-hydrogen) atoms. The van der Waals surface area contributed by atoms with Crippen LogP contribution in [0.3, 0.4) is 0 Å². The van der Waals surface area contributed by atoms with Gasteiger partial charge in [-0.2, -0.15) is 0 Å². The van der Waals surface area contributed by atoms with Gasteiger partial charge in [0.2, 0.25) is 0 Å². The van der Waals surface area contributed by atoms with Crippen molar-refractivity contribution in [3.05, 3.63) is 18.2 Å². The van der Waals surface area contributed by atoms with E-state index in [1.165, 1.54) is 25.1 Å². The van der Waals surface area contributed by atoms with Crippen LogP contribution in [0.5, 0.6) is 0 Å². The van der Waals surface area contributed by atoms with Gasteiger partial charge in [0.05, 0.1) is 12.0 Å². The third-order valence-corrected chi connectivity index (χ3v) is 3.60. The van der Waals surface area contributed by atoms with Crippen LogP contribution in [0, 0.1) is 5.92 Å².